The van der Waals surface area contributed by atoms with Crippen LogP contribution >= 0.6 is 0 Å². The van der Waals surface area contributed by atoms with Crippen molar-refractivity contribution in [3.8, 4) is 0 Å². The zero-order valence-electron chi connectivity index (χ0n) is 12.6. The molecule has 0 N–H and O–H groups in total. The third-order valence-corrected chi connectivity index (χ3v) is 8.38. The third-order valence-electron chi connectivity index (χ3n) is 4.13. The summed E-state index contributed by atoms with van der Waals surface area (Å²) in [4.78, 5) is 0. The van der Waals surface area contributed by atoms with Gasteiger partial charge in [-0.3, -0.25) is 0 Å². The van der Waals surface area contributed by atoms with Crippen LogP contribution in [0.2, 0.25) is 0 Å². The summed E-state index contributed by atoms with van der Waals surface area (Å²) in [6.45, 7) is 0.648. The zero-order chi connectivity index (χ0) is 16.7. The van der Waals surface area contributed by atoms with Crippen LogP contribution in [0.25, 0.3) is 0 Å². The van der Waals surface area contributed by atoms with E-state index < -0.39 is 25.9 Å². The van der Waals surface area contributed by atoms with Gasteiger partial charge in [-0.25, -0.2) is 21.2 Å². The number of hydrogen-bond acceptors (Lipinski definition) is 4. The molecular formula is C14H19FN2O4S2. The van der Waals surface area contributed by atoms with Gasteiger partial charge in [0.1, 0.15) is 5.82 Å². The molecular weight excluding hydrogens is 343 g/mol. The van der Waals surface area contributed by atoms with E-state index in [1.807, 2.05) is 0 Å². The van der Waals surface area contributed by atoms with E-state index in [4.69, 9.17) is 0 Å². The minimum absolute atomic E-state index is 0.142. The maximum Gasteiger partial charge on any atom is 0.218 e. The number of halogens is 1. The van der Waals surface area contributed by atoms with Gasteiger partial charge in [-0.2, -0.15) is 8.61 Å². The van der Waals surface area contributed by atoms with Crippen LogP contribution in [0.4, 0.5) is 4.39 Å². The van der Waals surface area contributed by atoms with E-state index in [0.29, 0.717) is 18.4 Å². The Bertz CT molecular complexity index is 783. The highest BCUT2D eigenvalue weighted by molar-refractivity contribution is 7.90. The van der Waals surface area contributed by atoms with Crippen molar-refractivity contribution in [2.45, 2.75) is 23.8 Å². The van der Waals surface area contributed by atoms with E-state index in [9.17, 15) is 21.2 Å². The van der Waals surface area contributed by atoms with Crippen LogP contribution in [0.1, 0.15) is 18.4 Å². The van der Waals surface area contributed by atoms with Crippen LogP contribution in [0.15, 0.2) is 24.3 Å². The Balaban J connectivity index is 1.64. The second kappa shape index (κ2) is 6.12. The van der Waals surface area contributed by atoms with Gasteiger partial charge in [0.25, 0.3) is 0 Å². The van der Waals surface area contributed by atoms with Crippen molar-refractivity contribution in [2.75, 3.05) is 26.2 Å². The molecule has 2 aliphatic rings. The summed E-state index contributed by atoms with van der Waals surface area (Å²) in [7, 11) is -6.84. The topological polar surface area (TPSA) is 74.8 Å². The summed E-state index contributed by atoms with van der Waals surface area (Å²) < 4.78 is 64.9. The van der Waals surface area contributed by atoms with Gasteiger partial charge in [0.15, 0.2) is 0 Å². The van der Waals surface area contributed by atoms with E-state index in [0.717, 1.165) is 0 Å². The number of rotatable bonds is 5. The van der Waals surface area contributed by atoms with Crippen LogP contribution in [0, 0.1) is 5.82 Å². The summed E-state index contributed by atoms with van der Waals surface area (Å²) in [6, 6.07) is 5.50. The van der Waals surface area contributed by atoms with Crippen molar-refractivity contribution in [3.05, 3.63) is 35.6 Å². The number of sulfonamides is 2. The first-order valence-corrected chi connectivity index (χ1v) is 10.6. The molecule has 0 atom stereocenters. The summed E-state index contributed by atoms with van der Waals surface area (Å²) in [5, 5.41) is -0.280. The molecule has 9 heteroatoms. The Labute approximate surface area is 136 Å². The van der Waals surface area contributed by atoms with Gasteiger partial charge < -0.3 is 0 Å². The highest BCUT2D eigenvalue weighted by Crippen LogP contribution is 2.31. The van der Waals surface area contributed by atoms with Gasteiger partial charge in [0.2, 0.25) is 20.0 Å². The molecule has 128 valence electrons. The lowest BCUT2D eigenvalue weighted by atomic mass is 10.2. The van der Waals surface area contributed by atoms with Crippen LogP contribution in [-0.2, 0) is 25.8 Å². The quantitative estimate of drug-likeness (QED) is 0.775. The second-order valence-corrected chi connectivity index (χ2v) is 10.1. The molecule has 23 heavy (non-hydrogen) atoms. The SMILES string of the molecule is O=S(=O)(Cc1cccc(F)c1)N1CCN(S(=O)(=O)C2CC2)CC1. The van der Waals surface area contributed by atoms with Gasteiger partial charge in [-0.05, 0) is 30.5 Å². The molecule has 0 aromatic heterocycles. The lowest BCUT2D eigenvalue weighted by Crippen LogP contribution is -2.51. The number of hydrogen-bond donors (Lipinski definition) is 0. The Morgan fingerprint density at radius 1 is 1.00 bits per heavy atom. The Morgan fingerprint density at radius 3 is 2.17 bits per heavy atom. The molecule has 3 rings (SSSR count). The van der Waals surface area contributed by atoms with Crippen molar-refractivity contribution in [2.24, 2.45) is 0 Å². The Hall–Kier alpha value is -1.03. The van der Waals surface area contributed by atoms with Gasteiger partial charge in [-0.1, -0.05) is 12.1 Å². The monoisotopic (exact) mass is 362 g/mol. The molecule has 0 spiro atoms. The van der Waals surface area contributed by atoms with E-state index in [1.54, 1.807) is 6.07 Å². The normalized spacial score (nSPS) is 21.4. The van der Waals surface area contributed by atoms with Crippen LogP contribution < -0.4 is 0 Å². The highest BCUT2D eigenvalue weighted by Gasteiger charge is 2.42. The molecule has 1 aliphatic carbocycles. The highest BCUT2D eigenvalue weighted by atomic mass is 32.2. The minimum Gasteiger partial charge on any atom is -0.212 e. The standard InChI is InChI=1S/C14H19FN2O4S2/c15-13-3-1-2-12(10-13)11-22(18,19)16-6-8-17(9-7-16)23(20,21)14-4-5-14/h1-3,10,14H,4-9,11H2. The summed E-state index contributed by atoms with van der Waals surface area (Å²) in [5.74, 6) is -0.752. The first-order valence-electron chi connectivity index (χ1n) is 7.50. The van der Waals surface area contributed by atoms with Crippen molar-refractivity contribution in [1.29, 1.82) is 0 Å². The van der Waals surface area contributed by atoms with E-state index >= 15 is 0 Å². The first-order chi connectivity index (χ1) is 10.8. The minimum atomic E-state index is -3.58. The van der Waals surface area contributed by atoms with Gasteiger partial charge in [0, 0.05) is 26.2 Å². The van der Waals surface area contributed by atoms with E-state index in [1.165, 1.54) is 26.8 Å². The molecule has 1 aromatic carbocycles. The molecule has 1 aromatic rings. The Morgan fingerprint density at radius 2 is 1.61 bits per heavy atom. The van der Waals surface area contributed by atoms with Crippen molar-refractivity contribution >= 4 is 20.0 Å². The van der Waals surface area contributed by atoms with Crippen molar-refractivity contribution in [3.63, 3.8) is 0 Å². The largest absolute Gasteiger partial charge is 0.218 e. The average molecular weight is 362 g/mol. The zero-order valence-corrected chi connectivity index (χ0v) is 14.2. The lowest BCUT2D eigenvalue weighted by Gasteiger charge is -2.33. The van der Waals surface area contributed by atoms with Gasteiger partial charge in [0.05, 0.1) is 11.0 Å². The smallest absolute Gasteiger partial charge is 0.212 e. The molecule has 1 heterocycles. The molecule has 2 fully saturated rings. The van der Waals surface area contributed by atoms with Crippen LogP contribution in [-0.4, -0.2) is 56.9 Å². The summed E-state index contributed by atoms with van der Waals surface area (Å²) >= 11 is 0. The Kier molecular flexibility index (Phi) is 4.47. The maximum atomic E-state index is 13.2. The van der Waals surface area contributed by atoms with Gasteiger partial charge in [-0.15, -0.1) is 0 Å². The number of benzene rings is 1. The molecule has 1 saturated heterocycles. The lowest BCUT2D eigenvalue weighted by molar-refractivity contribution is 0.272. The summed E-state index contributed by atoms with van der Waals surface area (Å²) in [5.41, 5.74) is 0.387. The van der Waals surface area contributed by atoms with E-state index in [2.05, 4.69) is 0 Å². The van der Waals surface area contributed by atoms with Crippen molar-refractivity contribution in [1.82, 2.24) is 8.61 Å². The molecule has 0 radical (unpaired) electrons. The second-order valence-electron chi connectivity index (χ2n) is 5.93. The fourth-order valence-corrected chi connectivity index (χ4v) is 6.04. The molecule has 1 saturated carbocycles. The van der Waals surface area contributed by atoms with Crippen molar-refractivity contribution < 1.29 is 21.2 Å². The molecule has 6 nitrogen and oxygen atoms in total. The van der Waals surface area contributed by atoms with E-state index in [-0.39, 0.29) is 37.2 Å². The van der Waals surface area contributed by atoms with Crippen LogP contribution in [0.3, 0.4) is 0 Å². The maximum absolute atomic E-state index is 13.2. The summed E-state index contributed by atoms with van der Waals surface area (Å²) in [6.07, 6.45) is 1.39. The fraction of sp³-hybridized carbons (Fsp3) is 0.571. The van der Waals surface area contributed by atoms with Gasteiger partial charge >= 0.3 is 0 Å². The van der Waals surface area contributed by atoms with Crippen LogP contribution in [0.5, 0.6) is 0 Å². The predicted molar refractivity (Wildman–Crippen MR) is 84.1 cm³/mol. The first kappa shape index (κ1) is 16.8. The molecule has 1 aliphatic heterocycles. The average Bonchev–Trinajstić information content (AvgIpc) is 3.32. The molecule has 0 unspecified atom stereocenters. The molecule has 0 bridgehead atoms. The molecule has 0 amide bonds. The number of piperazine rings is 1. The predicted octanol–water partition coefficient (Wildman–Crippen LogP) is 0.765. The fourth-order valence-electron chi connectivity index (χ4n) is 2.71. The third kappa shape index (κ3) is 3.73. The number of nitrogens with zero attached hydrogens (tertiary/aromatic N) is 2.